The first-order valence-corrected chi connectivity index (χ1v) is 5.88. The first kappa shape index (κ1) is 14.3. The molecule has 2 N–H and O–H groups in total. The molecule has 0 aliphatic heterocycles. The molecule has 98 valence electrons. The van der Waals surface area contributed by atoms with Crippen LogP contribution >= 0.6 is 0 Å². The fraction of sp³-hybridized carbons (Fsp3) is 0.357. The molecule has 0 spiro atoms. The van der Waals surface area contributed by atoms with E-state index in [2.05, 4.69) is 11.9 Å². The van der Waals surface area contributed by atoms with E-state index in [0.717, 1.165) is 5.56 Å². The molecule has 0 bridgehead atoms. The van der Waals surface area contributed by atoms with Crippen molar-refractivity contribution in [1.82, 2.24) is 5.32 Å². The molecule has 1 aromatic rings. The highest BCUT2D eigenvalue weighted by Crippen LogP contribution is 2.18. The minimum Gasteiger partial charge on any atom is -0.481 e. The summed E-state index contributed by atoms with van der Waals surface area (Å²) < 4.78 is 5.48. The summed E-state index contributed by atoms with van der Waals surface area (Å²) in [6, 6.07) is 7.02. The molecule has 1 unspecified atom stereocenters. The Morgan fingerprint density at radius 2 is 2.06 bits per heavy atom. The number of amides is 1. The third-order valence-corrected chi connectivity index (χ3v) is 2.47. The Hall–Kier alpha value is -1.81. The van der Waals surface area contributed by atoms with Crippen LogP contribution in [0.2, 0.25) is 0 Å². The van der Waals surface area contributed by atoms with Crippen molar-refractivity contribution in [2.24, 2.45) is 0 Å². The lowest BCUT2D eigenvalue weighted by molar-refractivity contribution is -0.127. The number of nitrogens with one attached hydrogen (secondary N) is 1. The molecular formula is C14H19NO3. The molecule has 1 rings (SSSR count). The molecular weight excluding hydrogens is 230 g/mol. The van der Waals surface area contributed by atoms with Crippen molar-refractivity contribution in [3.05, 3.63) is 42.5 Å². The van der Waals surface area contributed by atoms with Gasteiger partial charge in [-0.25, -0.2) is 0 Å². The lowest BCUT2D eigenvalue weighted by Crippen LogP contribution is -2.36. The first-order valence-electron chi connectivity index (χ1n) is 5.88. The molecule has 0 aromatic heterocycles. The van der Waals surface area contributed by atoms with Crippen LogP contribution in [0.5, 0.6) is 5.75 Å². The zero-order chi connectivity index (χ0) is 13.5. The highest BCUT2D eigenvalue weighted by molar-refractivity contribution is 5.80. The van der Waals surface area contributed by atoms with E-state index < -0.39 is 12.2 Å². The number of hydrogen-bond donors (Lipinski definition) is 2. The van der Waals surface area contributed by atoms with Gasteiger partial charge in [0.1, 0.15) is 5.75 Å². The second-order valence-corrected chi connectivity index (χ2v) is 4.04. The summed E-state index contributed by atoms with van der Waals surface area (Å²) >= 11 is 0. The lowest BCUT2D eigenvalue weighted by Gasteiger charge is -2.14. The number of ether oxygens (including phenoxy) is 1. The van der Waals surface area contributed by atoms with Gasteiger partial charge >= 0.3 is 0 Å². The SMILES string of the molecule is C=CCNC(=O)C(C)Oc1ccc([C@@H](C)O)cc1. The summed E-state index contributed by atoms with van der Waals surface area (Å²) in [6.07, 6.45) is 0.539. The summed E-state index contributed by atoms with van der Waals surface area (Å²) in [7, 11) is 0. The van der Waals surface area contributed by atoms with Crippen LogP contribution < -0.4 is 10.1 Å². The highest BCUT2D eigenvalue weighted by Gasteiger charge is 2.13. The largest absolute Gasteiger partial charge is 0.481 e. The van der Waals surface area contributed by atoms with Crippen LogP contribution in [0.3, 0.4) is 0 Å². The van der Waals surface area contributed by atoms with Gasteiger partial charge in [0.15, 0.2) is 6.10 Å². The Morgan fingerprint density at radius 3 is 2.56 bits per heavy atom. The van der Waals surface area contributed by atoms with Gasteiger partial charge in [-0.3, -0.25) is 4.79 Å². The van der Waals surface area contributed by atoms with E-state index in [1.54, 1.807) is 44.2 Å². The smallest absolute Gasteiger partial charge is 0.261 e. The highest BCUT2D eigenvalue weighted by atomic mass is 16.5. The van der Waals surface area contributed by atoms with E-state index in [9.17, 15) is 9.90 Å². The van der Waals surface area contributed by atoms with Crippen LogP contribution in [0, 0.1) is 0 Å². The molecule has 0 radical (unpaired) electrons. The van der Waals surface area contributed by atoms with Crippen LogP contribution in [-0.4, -0.2) is 23.7 Å². The quantitative estimate of drug-likeness (QED) is 0.756. The molecule has 0 fully saturated rings. The van der Waals surface area contributed by atoms with Crippen molar-refractivity contribution >= 4 is 5.91 Å². The number of aliphatic hydroxyl groups excluding tert-OH is 1. The Morgan fingerprint density at radius 1 is 1.44 bits per heavy atom. The second kappa shape index (κ2) is 6.81. The number of benzene rings is 1. The molecule has 18 heavy (non-hydrogen) atoms. The van der Waals surface area contributed by atoms with Gasteiger partial charge in [0.2, 0.25) is 0 Å². The van der Waals surface area contributed by atoms with Crippen molar-refractivity contribution in [3.63, 3.8) is 0 Å². The summed E-state index contributed by atoms with van der Waals surface area (Å²) in [4.78, 5) is 11.6. The van der Waals surface area contributed by atoms with Gasteiger partial charge in [0.25, 0.3) is 5.91 Å². The maximum Gasteiger partial charge on any atom is 0.261 e. The minimum atomic E-state index is -0.567. The predicted molar refractivity (Wildman–Crippen MR) is 70.4 cm³/mol. The number of carbonyl (C=O) groups excluding carboxylic acids is 1. The molecule has 0 saturated carbocycles. The minimum absolute atomic E-state index is 0.186. The first-order chi connectivity index (χ1) is 8.54. The zero-order valence-electron chi connectivity index (χ0n) is 10.7. The molecule has 0 aliphatic carbocycles. The van der Waals surface area contributed by atoms with Crippen LogP contribution in [-0.2, 0) is 4.79 Å². The fourth-order valence-electron chi connectivity index (χ4n) is 1.40. The Bertz CT molecular complexity index is 398. The summed E-state index contributed by atoms with van der Waals surface area (Å²) in [5.74, 6) is 0.412. The summed E-state index contributed by atoms with van der Waals surface area (Å²) in [6.45, 7) is 7.32. The van der Waals surface area contributed by atoms with E-state index in [4.69, 9.17) is 4.74 Å². The Kier molecular flexibility index (Phi) is 5.39. The van der Waals surface area contributed by atoms with Crippen LogP contribution in [0.15, 0.2) is 36.9 Å². The molecule has 0 heterocycles. The van der Waals surface area contributed by atoms with E-state index in [0.29, 0.717) is 12.3 Å². The van der Waals surface area contributed by atoms with Crippen LogP contribution in [0.1, 0.15) is 25.5 Å². The number of rotatable bonds is 6. The second-order valence-electron chi connectivity index (χ2n) is 4.04. The van der Waals surface area contributed by atoms with Crippen LogP contribution in [0.25, 0.3) is 0 Å². The van der Waals surface area contributed by atoms with E-state index in [1.807, 2.05) is 0 Å². The zero-order valence-corrected chi connectivity index (χ0v) is 10.7. The van der Waals surface area contributed by atoms with Gasteiger partial charge in [0.05, 0.1) is 6.10 Å². The topological polar surface area (TPSA) is 58.6 Å². The van der Waals surface area contributed by atoms with E-state index in [1.165, 1.54) is 0 Å². The lowest BCUT2D eigenvalue weighted by atomic mass is 10.1. The van der Waals surface area contributed by atoms with Crippen molar-refractivity contribution in [2.45, 2.75) is 26.1 Å². The molecule has 1 amide bonds. The third-order valence-electron chi connectivity index (χ3n) is 2.47. The number of carbonyl (C=O) groups is 1. The Balaban J connectivity index is 2.56. The standard InChI is InChI=1S/C14H19NO3/c1-4-9-15-14(17)11(3)18-13-7-5-12(6-8-13)10(2)16/h4-8,10-11,16H,1,9H2,2-3H3,(H,15,17)/t10-,11?/m1/s1. The van der Waals surface area contributed by atoms with Crippen LogP contribution in [0.4, 0.5) is 0 Å². The average molecular weight is 249 g/mol. The monoisotopic (exact) mass is 249 g/mol. The molecule has 4 nitrogen and oxygen atoms in total. The van der Waals surface area contributed by atoms with Gasteiger partial charge in [0, 0.05) is 6.54 Å². The van der Waals surface area contributed by atoms with Crippen molar-refractivity contribution in [3.8, 4) is 5.75 Å². The van der Waals surface area contributed by atoms with E-state index >= 15 is 0 Å². The van der Waals surface area contributed by atoms with Crippen molar-refractivity contribution in [2.75, 3.05) is 6.54 Å². The maximum absolute atomic E-state index is 11.6. The molecule has 4 heteroatoms. The molecule has 1 aromatic carbocycles. The van der Waals surface area contributed by atoms with E-state index in [-0.39, 0.29) is 5.91 Å². The van der Waals surface area contributed by atoms with Crippen molar-refractivity contribution < 1.29 is 14.6 Å². The molecule has 0 aliphatic rings. The predicted octanol–water partition coefficient (Wildman–Crippen LogP) is 1.81. The van der Waals surface area contributed by atoms with Gasteiger partial charge < -0.3 is 15.2 Å². The summed E-state index contributed by atoms with van der Waals surface area (Å²) in [5, 5.41) is 12.0. The van der Waals surface area contributed by atoms with Gasteiger partial charge in [-0.1, -0.05) is 18.2 Å². The fourth-order valence-corrected chi connectivity index (χ4v) is 1.40. The maximum atomic E-state index is 11.6. The van der Waals surface area contributed by atoms with Crippen molar-refractivity contribution in [1.29, 1.82) is 0 Å². The van der Waals surface area contributed by atoms with Gasteiger partial charge in [-0.2, -0.15) is 0 Å². The number of aliphatic hydroxyl groups is 1. The number of hydrogen-bond acceptors (Lipinski definition) is 3. The van der Waals surface area contributed by atoms with Gasteiger partial charge in [-0.15, -0.1) is 6.58 Å². The Labute approximate surface area is 107 Å². The normalized spacial score (nSPS) is 13.5. The van der Waals surface area contributed by atoms with Gasteiger partial charge in [-0.05, 0) is 31.5 Å². The third kappa shape index (κ3) is 4.22. The average Bonchev–Trinajstić information content (AvgIpc) is 2.36. The summed E-state index contributed by atoms with van der Waals surface area (Å²) in [5.41, 5.74) is 0.811. The molecule has 2 atom stereocenters. The molecule has 0 saturated heterocycles.